The van der Waals surface area contributed by atoms with Gasteiger partial charge < -0.3 is 10.1 Å². The van der Waals surface area contributed by atoms with Crippen molar-refractivity contribution in [3.8, 4) is 22.9 Å². The molecule has 0 aliphatic heterocycles. The third-order valence-corrected chi connectivity index (χ3v) is 4.55. The van der Waals surface area contributed by atoms with Gasteiger partial charge in [0.2, 0.25) is 0 Å². The molecule has 3 aromatic rings. The van der Waals surface area contributed by atoms with Crippen molar-refractivity contribution in [3.05, 3.63) is 90.0 Å². The number of nitrogens with zero attached hydrogens (tertiary/aromatic N) is 1. The number of hydrogen-bond donors (Lipinski definition) is 1. The minimum Gasteiger partial charge on any atom is -0.484 e. The van der Waals surface area contributed by atoms with Crippen LogP contribution in [0, 0.1) is 11.3 Å². The first kappa shape index (κ1) is 19.2. The maximum absolute atomic E-state index is 12.0. The second kappa shape index (κ2) is 9.38. The molecule has 3 rings (SSSR count). The first-order valence-electron chi connectivity index (χ1n) is 9.21. The molecule has 28 heavy (non-hydrogen) atoms. The zero-order valence-corrected chi connectivity index (χ0v) is 15.8. The summed E-state index contributed by atoms with van der Waals surface area (Å²) in [6.07, 6.45) is 0. The Morgan fingerprint density at radius 3 is 2.18 bits per heavy atom. The number of nitrogens with one attached hydrogen (secondary N) is 1. The number of benzene rings is 3. The third kappa shape index (κ3) is 5.21. The molecule has 1 atom stereocenters. The molecule has 0 heterocycles. The van der Waals surface area contributed by atoms with Crippen LogP contribution in [0.3, 0.4) is 0 Å². The Kier molecular flexibility index (Phi) is 6.43. The topological polar surface area (TPSA) is 62.1 Å². The molecule has 0 fully saturated rings. The largest absolute Gasteiger partial charge is 0.484 e. The maximum atomic E-state index is 12.0. The lowest BCUT2D eigenvalue weighted by Gasteiger charge is -2.13. The van der Waals surface area contributed by atoms with Gasteiger partial charge in [0, 0.05) is 6.54 Å². The van der Waals surface area contributed by atoms with Crippen molar-refractivity contribution in [2.45, 2.75) is 12.8 Å². The monoisotopic (exact) mass is 370 g/mol. The van der Waals surface area contributed by atoms with Crippen molar-refractivity contribution >= 4 is 5.91 Å². The lowest BCUT2D eigenvalue weighted by molar-refractivity contribution is -0.123. The van der Waals surface area contributed by atoms with Crippen molar-refractivity contribution in [3.63, 3.8) is 0 Å². The van der Waals surface area contributed by atoms with Gasteiger partial charge in [-0.05, 0) is 46.9 Å². The molecule has 0 bridgehead atoms. The number of carbonyl (C=O) groups excluding carboxylic acids is 1. The molecule has 0 aliphatic rings. The molecular formula is C24H22N2O2. The van der Waals surface area contributed by atoms with Gasteiger partial charge in [-0.15, -0.1) is 0 Å². The summed E-state index contributed by atoms with van der Waals surface area (Å²) in [6, 6.07) is 27.2. The van der Waals surface area contributed by atoms with Crippen LogP contribution in [0.4, 0.5) is 0 Å². The molecule has 4 heteroatoms. The highest BCUT2D eigenvalue weighted by molar-refractivity contribution is 5.77. The molecule has 0 unspecified atom stereocenters. The van der Waals surface area contributed by atoms with Crippen LogP contribution in [0.15, 0.2) is 78.9 Å². The molecule has 140 valence electrons. The molecule has 0 saturated heterocycles. The second-order valence-electron chi connectivity index (χ2n) is 6.62. The van der Waals surface area contributed by atoms with E-state index in [9.17, 15) is 4.79 Å². The summed E-state index contributed by atoms with van der Waals surface area (Å²) in [7, 11) is 0. The Hall–Kier alpha value is -3.58. The predicted molar refractivity (Wildman–Crippen MR) is 110 cm³/mol. The van der Waals surface area contributed by atoms with Gasteiger partial charge in [0.1, 0.15) is 5.75 Å². The molecule has 0 aliphatic carbocycles. The van der Waals surface area contributed by atoms with E-state index in [-0.39, 0.29) is 18.4 Å². The minimum absolute atomic E-state index is 0.0161. The van der Waals surface area contributed by atoms with Gasteiger partial charge in [-0.25, -0.2) is 0 Å². The van der Waals surface area contributed by atoms with E-state index >= 15 is 0 Å². The molecule has 0 aromatic heterocycles. The SMILES string of the molecule is C[C@@H](CNC(=O)COc1ccc(-c2ccc(C#N)cc2)cc1)c1ccccc1. The Labute approximate surface area is 165 Å². The molecule has 0 radical (unpaired) electrons. The van der Waals surface area contributed by atoms with Crippen LogP contribution < -0.4 is 10.1 Å². The summed E-state index contributed by atoms with van der Waals surface area (Å²) in [5.74, 6) is 0.749. The molecular weight excluding hydrogens is 348 g/mol. The van der Waals surface area contributed by atoms with Crippen LogP contribution in [0.5, 0.6) is 5.75 Å². The van der Waals surface area contributed by atoms with Gasteiger partial charge >= 0.3 is 0 Å². The first-order chi connectivity index (χ1) is 13.7. The maximum Gasteiger partial charge on any atom is 0.257 e. The van der Waals surface area contributed by atoms with Gasteiger partial charge in [-0.2, -0.15) is 5.26 Å². The average molecular weight is 370 g/mol. The number of amides is 1. The van der Waals surface area contributed by atoms with E-state index < -0.39 is 0 Å². The van der Waals surface area contributed by atoms with Crippen LogP contribution in [-0.2, 0) is 4.79 Å². The van der Waals surface area contributed by atoms with E-state index in [4.69, 9.17) is 10.00 Å². The number of ether oxygens (including phenoxy) is 1. The van der Waals surface area contributed by atoms with Crippen molar-refractivity contribution < 1.29 is 9.53 Å². The standard InChI is InChI=1S/C24H22N2O2/c1-18(20-5-3-2-4-6-20)16-26-24(27)17-28-23-13-11-22(12-14-23)21-9-7-19(15-25)8-10-21/h2-14,18H,16-17H2,1H3,(H,26,27)/t18-/m0/s1. The van der Waals surface area contributed by atoms with E-state index in [1.54, 1.807) is 12.1 Å². The lowest BCUT2D eigenvalue weighted by atomic mass is 10.0. The smallest absolute Gasteiger partial charge is 0.257 e. The summed E-state index contributed by atoms with van der Waals surface area (Å²) in [4.78, 5) is 12.0. The fraction of sp³-hybridized carbons (Fsp3) is 0.167. The Bertz CT molecular complexity index is 943. The van der Waals surface area contributed by atoms with Crippen LogP contribution in [-0.4, -0.2) is 19.1 Å². The highest BCUT2D eigenvalue weighted by atomic mass is 16.5. The fourth-order valence-electron chi connectivity index (χ4n) is 2.85. The van der Waals surface area contributed by atoms with Gasteiger partial charge in [-0.1, -0.05) is 61.5 Å². The summed E-state index contributed by atoms with van der Waals surface area (Å²) in [5.41, 5.74) is 3.88. The molecule has 0 saturated carbocycles. The first-order valence-corrected chi connectivity index (χ1v) is 9.21. The van der Waals surface area contributed by atoms with Crippen molar-refractivity contribution in [2.75, 3.05) is 13.2 Å². The van der Waals surface area contributed by atoms with Gasteiger partial charge in [-0.3, -0.25) is 4.79 Å². The van der Waals surface area contributed by atoms with E-state index in [2.05, 4.69) is 30.4 Å². The molecule has 3 aromatic carbocycles. The van der Waals surface area contributed by atoms with Gasteiger partial charge in [0.05, 0.1) is 11.6 Å². The summed E-state index contributed by atoms with van der Waals surface area (Å²) >= 11 is 0. The highest BCUT2D eigenvalue weighted by Crippen LogP contribution is 2.22. The number of rotatable bonds is 7. The number of nitriles is 1. The van der Waals surface area contributed by atoms with Crippen molar-refractivity contribution in [1.29, 1.82) is 5.26 Å². The van der Waals surface area contributed by atoms with Crippen LogP contribution >= 0.6 is 0 Å². The Balaban J connectivity index is 1.47. The average Bonchev–Trinajstić information content (AvgIpc) is 2.77. The minimum atomic E-state index is -0.140. The Morgan fingerprint density at radius 2 is 1.57 bits per heavy atom. The van der Waals surface area contributed by atoms with Gasteiger partial charge in [0.25, 0.3) is 5.91 Å². The van der Waals surface area contributed by atoms with Crippen LogP contribution in [0.25, 0.3) is 11.1 Å². The zero-order valence-electron chi connectivity index (χ0n) is 15.8. The van der Waals surface area contributed by atoms with Crippen molar-refractivity contribution in [2.24, 2.45) is 0 Å². The second-order valence-corrected chi connectivity index (χ2v) is 6.62. The van der Waals surface area contributed by atoms with Crippen LogP contribution in [0.1, 0.15) is 24.0 Å². The van der Waals surface area contributed by atoms with E-state index in [1.807, 2.05) is 54.6 Å². The fourth-order valence-corrected chi connectivity index (χ4v) is 2.85. The number of carbonyl (C=O) groups is 1. The zero-order chi connectivity index (χ0) is 19.8. The summed E-state index contributed by atoms with van der Waals surface area (Å²) in [6.45, 7) is 2.64. The Morgan fingerprint density at radius 1 is 0.964 bits per heavy atom. The quantitative estimate of drug-likeness (QED) is 0.665. The summed E-state index contributed by atoms with van der Waals surface area (Å²) in [5, 5.41) is 11.8. The van der Waals surface area contributed by atoms with E-state index in [1.165, 1.54) is 5.56 Å². The lowest BCUT2D eigenvalue weighted by Crippen LogP contribution is -2.31. The van der Waals surface area contributed by atoms with E-state index in [0.29, 0.717) is 17.9 Å². The number of hydrogen-bond acceptors (Lipinski definition) is 3. The predicted octanol–water partition coefficient (Wildman–Crippen LogP) is 4.52. The van der Waals surface area contributed by atoms with Crippen LogP contribution in [0.2, 0.25) is 0 Å². The normalized spacial score (nSPS) is 11.3. The molecule has 4 nitrogen and oxygen atoms in total. The third-order valence-electron chi connectivity index (χ3n) is 4.55. The van der Waals surface area contributed by atoms with Gasteiger partial charge in [0.15, 0.2) is 6.61 Å². The molecule has 1 amide bonds. The molecule has 0 spiro atoms. The molecule has 1 N–H and O–H groups in total. The highest BCUT2D eigenvalue weighted by Gasteiger charge is 2.08. The summed E-state index contributed by atoms with van der Waals surface area (Å²) < 4.78 is 5.58. The van der Waals surface area contributed by atoms with Crippen molar-refractivity contribution in [1.82, 2.24) is 5.32 Å². The van der Waals surface area contributed by atoms with E-state index in [0.717, 1.165) is 11.1 Å².